The van der Waals surface area contributed by atoms with Gasteiger partial charge in [0.2, 0.25) is 0 Å². The number of piperazine rings is 1. The zero-order valence-electron chi connectivity index (χ0n) is 10.8. The Labute approximate surface area is 118 Å². The fourth-order valence-electron chi connectivity index (χ4n) is 3.51. The lowest BCUT2D eigenvalue weighted by molar-refractivity contribution is 0.0572. The van der Waals surface area contributed by atoms with Crippen molar-refractivity contribution in [3.05, 3.63) is 34.3 Å². The highest BCUT2D eigenvalue weighted by molar-refractivity contribution is 9.10. The van der Waals surface area contributed by atoms with Crippen molar-refractivity contribution in [3.63, 3.8) is 0 Å². The second-order valence-corrected chi connectivity index (χ2v) is 6.58. The minimum absolute atomic E-state index is 0.445. The van der Waals surface area contributed by atoms with E-state index in [1.54, 1.807) is 0 Å². The van der Waals surface area contributed by atoms with E-state index in [1.165, 1.54) is 48.8 Å². The van der Waals surface area contributed by atoms with Crippen LogP contribution in [0.5, 0.6) is 0 Å². The molecule has 0 atom stereocenters. The normalized spacial score (nSPS) is 23.6. The van der Waals surface area contributed by atoms with E-state index >= 15 is 0 Å². The van der Waals surface area contributed by atoms with E-state index in [-0.39, 0.29) is 0 Å². The van der Waals surface area contributed by atoms with E-state index in [4.69, 9.17) is 0 Å². The second-order valence-electron chi connectivity index (χ2n) is 5.66. The van der Waals surface area contributed by atoms with E-state index in [2.05, 4.69) is 50.4 Å². The van der Waals surface area contributed by atoms with Crippen LogP contribution in [0.4, 0.5) is 0 Å². The van der Waals surface area contributed by atoms with E-state index < -0.39 is 0 Å². The van der Waals surface area contributed by atoms with Crippen LogP contribution in [-0.2, 0) is 6.54 Å². The summed E-state index contributed by atoms with van der Waals surface area (Å²) >= 11 is 3.57. The lowest BCUT2D eigenvalue weighted by Crippen LogP contribution is -2.59. The van der Waals surface area contributed by atoms with Gasteiger partial charge in [-0.1, -0.05) is 40.9 Å². The van der Waals surface area contributed by atoms with Crippen LogP contribution in [0.25, 0.3) is 0 Å². The van der Waals surface area contributed by atoms with Gasteiger partial charge in [0.25, 0.3) is 0 Å². The number of hydrogen-bond acceptors (Lipinski definition) is 2. The molecular formula is C15H21BrN2. The van der Waals surface area contributed by atoms with Gasteiger partial charge in [-0.05, 0) is 30.5 Å². The maximum atomic E-state index is 3.59. The minimum atomic E-state index is 0.445. The first-order valence-corrected chi connectivity index (χ1v) is 7.78. The Balaban J connectivity index is 1.77. The standard InChI is InChI=1S/C15H21BrN2/c16-14-5-3-4-13(10-14)11-18-9-8-17-12-15(18)6-1-2-7-15/h3-5,10,17H,1-2,6-9,11-12H2. The van der Waals surface area contributed by atoms with Gasteiger partial charge in [0.15, 0.2) is 0 Å². The zero-order valence-corrected chi connectivity index (χ0v) is 12.4. The molecule has 3 rings (SSSR count). The monoisotopic (exact) mass is 308 g/mol. The first-order valence-electron chi connectivity index (χ1n) is 6.99. The molecule has 1 saturated heterocycles. The van der Waals surface area contributed by atoms with Gasteiger partial charge in [0, 0.05) is 36.2 Å². The van der Waals surface area contributed by atoms with Crippen LogP contribution in [0.15, 0.2) is 28.7 Å². The van der Waals surface area contributed by atoms with Gasteiger partial charge in [-0.2, -0.15) is 0 Å². The van der Waals surface area contributed by atoms with Gasteiger partial charge < -0.3 is 5.32 Å². The maximum absolute atomic E-state index is 3.59. The average molecular weight is 309 g/mol. The molecule has 1 saturated carbocycles. The molecule has 2 nitrogen and oxygen atoms in total. The summed E-state index contributed by atoms with van der Waals surface area (Å²) in [6.45, 7) is 4.60. The van der Waals surface area contributed by atoms with Crippen LogP contribution in [0.1, 0.15) is 31.2 Å². The average Bonchev–Trinajstić information content (AvgIpc) is 2.82. The Kier molecular flexibility index (Phi) is 3.73. The molecule has 1 N–H and O–H groups in total. The van der Waals surface area contributed by atoms with Gasteiger partial charge in [-0.15, -0.1) is 0 Å². The molecule has 1 aliphatic heterocycles. The molecule has 18 heavy (non-hydrogen) atoms. The predicted octanol–water partition coefficient (Wildman–Crippen LogP) is 3.17. The summed E-state index contributed by atoms with van der Waals surface area (Å²) < 4.78 is 1.19. The number of nitrogens with one attached hydrogen (secondary N) is 1. The van der Waals surface area contributed by atoms with Gasteiger partial charge in [-0.3, -0.25) is 4.90 Å². The molecule has 0 radical (unpaired) electrons. The van der Waals surface area contributed by atoms with Gasteiger partial charge in [0.05, 0.1) is 0 Å². The number of benzene rings is 1. The lowest BCUT2D eigenvalue weighted by Gasteiger charge is -2.45. The number of hydrogen-bond donors (Lipinski definition) is 1. The summed E-state index contributed by atoms with van der Waals surface area (Å²) in [5.74, 6) is 0. The third kappa shape index (κ3) is 2.49. The van der Waals surface area contributed by atoms with Gasteiger partial charge >= 0.3 is 0 Å². The largest absolute Gasteiger partial charge is 0.314 e. The Morgan fingerprint density at radius 3 is 2.89 bits per heavy atom. The second kappa shape index (κ2) is 5.32. The number of halogens is 1. The van der Waals surface area contributed by atoms with Crippen molar-refractivity contribution in [3.8, 4) is 0 Å². The van der Waals surface area contributed by atoms with Crippen LogP contribution in [-0.4, -0.2) is 30.1 Å². The fourth-order valence-corrected chi connectivity index (χ4v) is 3.96. The Bertz CT molecular complexity index is 413. The highest BCUT2D eigenvalue weighted by Gasteiger charge is 2.40. The smallest absolute Gasteiger partial charge is 0.0338 e. The maximum Gasteiger partial charge on any atom is 0.0338 e. The molecule has 0 aromatic heterocycles. The summed E-state index contributed by atoms with van der Waals surface area (Å²) in [5, 5.41) is 3.59. The zero-order chi connectivity index (χ0) is 12.4. The Morgan fingerprint density at radius 2 is 2.11 bits per heavy atom. The molecule has 2 aliphatic rings. The SMILES string of the molecule is Brc1cccc(CN2CCNCC23CCCC3)c1. The topological polar surface area (TPSA) is 15.3 Å². The van der Waals surface area contributed by atoms with Crippen LogP contribution in [0.2, 0.25) is 0 Å². The molecule has 0 amide bonds. The highest BCUT2D eigenvalue weighted by Crippen LogP contribution is 2.37. The highest BCUT2D eigenvalue weighted by atomic mass is 79.9. The molecular weight excluding hydrogens is 288 g/mol. The van der Waals surface area contributed by atoms with Gasteiger partial charge in [-0.25, -0.2) is 0 Å². The Morgan fingerprint density at radius 1 is 1.28 bits per heavy atom. The fraction of sp³-hybridized carbons (Fsp3) is 0.600. The molecule has 0 bridgehead atoms. The quantitative estimate of drug-likeness (QED) is 0.903. The predicted molar refractivity (Wildman–Crippen MR) is 78.6 cm³/mol. The third-order valence-corrected chi connectivity index (χ3v) is 4.97. The first-order chi connectivity index (χ1) is 8.78. The van der Waals surface area contributed by atoms with Crippen molar-refractivity contribution in [2.75, 3.05) is 19.6 Å². The molecule has 1 spiro atoms. The first kappa shape index (κ1) is 12.6. The molecule has 0 unspecified atom stereocenters. The van der Waals surface area contributed by atoms with Crippen LogP contribution >= 0.6 is 15.9 Å². The number of nitrogens with zero attached hydrogens (tertiary/aromatic N) is 1. The molecule has 1 aromatic rings. The van der Waals surface area contributed by atoms with E-state index in [0.29, 0.717) is 5.54 Å². The molecule has 1 aliphatic carbocycles. The van der Waals surface area contributed by atoms with Crippen LogP contribution < -0.4 is 5.32 Å². The summed E-state index contributed by atoms with van der Waals surface area (Å²) in [5.41, 5.74) is 1.87. The van der Waals surface area contributed by atoms with Crippen molar-refractivity contribution in [1.82, 2.24) is 10.2 Å². The molecule has 2 fully saturated rings. The minimum Gasteiger partial charge on any atom is -0.314 e. The van der Waals surface area contributed by atoms with E-state index in [9.17, 15) is 0 Å². The molecule has 1 aromatic carbocycles. The van der Waals surface area contributed by atoms with Crippen molar-refractivity contribution in [2.45, 2.75) is 37.8 Å². The van der Waals surface area contributed by atoms with Crippen molar-refractivity contribution >= 4 is 15.9 Å². The summed E-state index contributed by atoms with van der Waals surface area (Å²) in [6.07, 6.45) is 5.54. The summed E-state index contributed by atoms with van der Waals surface area (Å²) in [7, 11) is 0. The third-order valence-electron chi connectivity index (χ3n) is 4.48. The van der Waals surface area contributed by atoms with Crippen molar-refractivity contribution in [1.29, 1.82) is 0 Å². The van der Waals surface area contributed by atoms with Crippen LogP contribution in [0, 0.1) is 0 Å². The molecule has 1 heterocycles. The van der Waals surface area contributed by atoms with Crippen molar-refractivity contribution < 1.29 is 0 Å². The number of rotatable bonds is 2. The Hall–Kier alpha value is -0.380. The lowest BCUT2D eigenvalue weighted by atomic mass is 9.92. The molecule has 3 heteroatoms. The van der Waals surface area contributed by atoms with E-state index in [0.717, 1.165) is 13.1 Å². The van der Waals surface area contributed by atoms with Gasteiger partial charge in [0.1, 0.15) is 0 Å². The van der Waals surface area contributed by atoms with E-state index in [1.807, 2.05) is 0 Å². The summed E-state index contributed by atoms with van der Waals surface area (Å²) in [6, 6.07) is 8.75. The van der Waals surface area contributed by atoms with Crippen molar-refractivity contribution in [2.24, 2.45) is 0 Å². The van der Waals surface area contributed by atoms with Crippen LogP contribution in [0.3, 0.4) is 0 Å². The molecule has 98 valence electrons. The summed E-state index contributed by atoms with van der Waals surface area (Å²) in [4.78, 5) is 2.72.